The fraction of sp³-hybridized carbons (Fsp3) is 0.385. The van der Waals surface area contributed by atoms with Crippen LogP contribution in [0.1, 0.15) is 12.0 Å². The van der Waals surface area contributed by atoms with Gasteiger partial charge >= 0.3 is 12.0 Å². The summed E-state index contributed by atoms with van der Waals surface area (Å²) >= 11 is 5.96. The maximum Gasteiger partial charge on any atom is 0.332 e. The maximum atomic E-state index is 11.9. The Kier molecular flexibility index (Phi) is 4.15. The predicted octanol–water partition coefficient (Wildman–Crippen LogP) is 2.01. The molecule has 1 aliphatic heterocycles. The number of amides is 2. The molecule has 108 valence electrons. The number of carboxylic acid groups (broad SMARTS) is 1. The molecule has 0 spiro atoms. The quantitative estimate of drug-likeness (QED) is 0.796. The van der Waals surface area contributed by atoms with E-state index in [0.29, 0.717) is 17.3 Å². The second-order valence-electron chi connectivity index (χ2n) is 4.73. The number of carboxylic acids is 1. The van der Waals surface area contributed by atoms with Crippen LogP contribution < -0.4 is 10.6 Å². The van der Waals surface area contributed by atoms with Crippen molar-refractivity contribution < 1.29 is 19.4 Å². The van der Waals surface area contributed by atoms with E-state index in [0.717, 1.165) is 5.56 Å². The number of anilines is 1. The lowest BCUT2D eigenvalue weighted by molar-refractivity contribution is -0.144. The van der Waals surface area contributed by atoms with Gasteiger partial charge in [0.25, 0.3) is 0 Å². The first-order chi connectivity index (χ1) is 9.43. The van der Waals surface area contributed by atoms with Crippen molar-refractivity contribution in [1.82, 2.24) is 5.32 Å². The van der Waals surface area contributed by atoms with E-state index in [4.69, 9.17) is 16.3 Å². The fourth-order valence-corrected chi connectivity index (χ4v) is 2.12. The van der Waals surface area contributed by atoms with Crippen molar-refractivity contribution in [3.05, 3.63) is 28.8 Å². The summed E-state index contributed by atoms with van der Waals surface area (Å²) in [5.74, 6) is -1.10. The van der Waals surface area contributed by atoms with E-state index in [9.17, 15) is 14.7 Å². The van der Waals surface area contributed by atoms with Crippen molar-refractivity contribution in [1.29, 1.82) is 0 Å². The Labute approximate surface area is 121 Å². The van der Waals surface area contributed by atoms with E-state index in [2.05, 4.69) is 10.6 Å². The minimum absolute atomic E-state index is 0.0373. The number of urea groups is 1. The van der Waals surface area contributed by atoms with Crippen LogP contribution in [0.3, 0.4) is 0 Å². The van der Waals surface area contributed by atoms with Crippen molar-refractivity contribution in [3.63, 3.8) is 0 Å². The Morgan fingerprint density at radius 1 is 1.45 bits per heavy atom. The van der Waals surface area contributed by atoms with E-state index >= 15 is 0 Å². The molecule has 1 atom stereocenters. The molecule has 0 aromatic heterocycles. The van der Waals surface area contributed by atoms with E-state index in [-0.39, 0.29) is 13.0 Å². The van der Waals surface area contributed by atoms with Gasteiger partial charge < -0.3 is 20.5 Å². The van der Waals surface area contributed by atoms with Crippen LogP contribution in [-0.2, 0) is 9.53 Å². The number of halogens is 1. The van der Waals surface area contributed by atoms with E-state index in [1.54, 1.807) is 18.2 Å². The lowest BCUT2D eigenvalue weighted by Gasteiger charge is -2.23. The van der Waals surface area contributed by atoms with Crippen molar-refractivity contribution in [2.45, 2.75) is 18.9 Å². The monoisotopic (exact) mass is 298 g/mol. The van der Waals surface area contributed by atoms with E-state index in [1.165, 1.54) is 0 Å². The normalized spacial score (nSPS) is 21.5. The Bertz CT molecular complexity index is 541. The molecule has 1 aliphatic rings. The number of aryl methyl sites for hydroxylation is 1. The number of ether oxygens (including phenoxy) is 1. The summed E-state index contributed by atoms with van der Waals surface area (Å²) in [7, 11) is 0. The SMILES string of the molecule is Cc1ccc(NC(=O)NC2(C(=O)O)CCOC2)cc1Cl. The van der Waals surface area contributed by atoms with Gasteiger partial charge in [-0.3, -0.25) is 0 Å². The highest BCUT2D eigenvalue weighted by Gasteiger charge is 2.44. The molecule has 1 fully saturated rings. The summed E-state index contributed by atoms with van der Waals surface area (Å²) in [6.07, 6.45) is 0.240. The summed E-state index contributed by atoms with van der Waals surface area (Å²) in [6, 6.07) is 4.47. The molecule has 20 heavy (non-hydrogen) atoms. The van der Waals surface area contributed by atoms with E-state index < -0.39 is 17.5 Å². The van der Waals surface area contributed by atoms with Gasteiger partial charge in [0.1, 0.15) is 0 Å². The molecule has 2 rings (SSSR count). The summed E-state index contributed by atoms with van der Waals surface area (Å²) in [6.45, 7) is 2.12. The third kappa shape index (κ3) is 3.02. The number of hydrogen-bond donors (Lipinski definition) is 3. The summed E-state index contributed by atoms with van der Waals surface area (Å²) in [5.41, 5.74) is 0.0276. The molecule has 0 bridgehead atoms. The van der Waals surface area contributed by atoms with Gasteiger partial charge in [-0.25, -0.2) is 9.59 Å². The standard InChI is InChI=1S/C13H15ClN2O4/c1-8-2-3-9(6-10(8)14)15-12(19)16-13(11(17)18)4-5-20-7-13/h2-3,6H,4-5,7H2,1H3,(H,17,18)(H2,15,16,19). The maximum absolute atomic E-state index is 11.9. The van der Waals surface area contributed by atoms with Crippen molar-refractivity contribution >= 4 is 29.3 Å². The van der Waals surface area contributed by atoms with Gasteiger partial charge in [0.05, 0.1) is 6.61 Å². The van der Waals surface area contributed by atoms with E-state index in [1.807, 2.05) is 6.92 Å². The number of nitrogens with one attached hydrogen (secondary N) is 2. The number of benzene rings is 1. The molecule has 1 aromatic carbocycles. The number of rotatable bonds is 3. The van der Waals surface area contributed by atoms with Crippen molar-refractivity contribution in [3.8, 4) is 0 Å². The van der Waals surface area contributed by atoms with Crippen LogP contribution in [0.5, 0.6) is 0 Å². The lowest BCUT2D eigenvalue weighted by atomic mass is 9.99. The highest BCUT2D eigenvalue weighted by molar-refractivity contribution is 6.31. The van der Waals surface area contributed by atoms with Gasteiger partial charge in [0.15, 0.2) is 5.54 Å². The predicted molar refractivity (Wildman–Crippen MR) is 74.1 cm³/mol. The first-order valence-electron chi connectivity index (χ1n) is 6.09. The van der Waals surface area contributed by atoms with Gasteiger partial charge in [-0.2, -0.15) is 0 Å². The molecule has 1 saturated heterocycles. The molecule has 1 aromatic rings. The zero-order valence-electron chi connectivity index (χ0n) is 10.9. The second kappa shape index (κ2) is 5.68. The summed E-state index contributed by atoms with van der Waals surface area (Å²) < 4.78 is 5.06. The molecule has 0 saturated carbocycles. The Hall–Kier alpha value is -1.79. The number of carbonyl (C=O) groups is 2. The minimum atomic E-state index is -1.36. The molecule has 3 N–H and O–H groups in total. The summed E-state index contributed by atoms with van der Waals surface area (Å²) in [5, 5.41) is 14.8. The van der Waals surface area contributed by atoms with Gasteiger partial charge in [-0.05, 0) is 24.6 Å². The number of hydrogen-bond acceptors (Lipinski definition) is 3. The Balaban J connectivity index is 2.04. The molecule has 2 amide bonds. The second-order valence-corrected chi connectivity index (χ2v) is 5.14. The molecule has 0 radical (unpaired) electrons. The fourth-order valence-electron chi connectivity index (χ4n) is 1.94. The molecule has 6 nitrogen and oxygen atoms in total. The highest BCUT2D eigenvalue weighted by Crippen LogP contribution is 2.21. The molecular weight excluding hydrogens is 284 g/mol. The van der Waals surface area contributed by atoms with Crippen LogP contribution in [-0.4, -0.2) is 35.9 Å². The van der Waals surface area contributed by atoms with Crippen LogP contribution >= 0.6 is 11.6 Å². The van der Waals surface area contributed by atoms with Gasteiger partial charge in [0, 0.05) is 23.7 Å². The Morgan fingerprint density at radius 3 is 2.75 bits per heavy atom. The molecule has 1 unspecified atom stereocenters. The van der Waals surface area contributed by atoms with Crippen LogP contribution in [0.15, 0.2) is 18.2 Å². The van der Waals surface area contributed by atoms with Crippen LogP contribution in [0.2, 0.25) is 5.02 Å². The largest absolute Gasteiger partial charge is 0.479 e. The highest BCUT2D eigenvalue weighted by atomic mass is 35.5. The average molecular weight is 299 g/mol. The van der Waals surface area contributed by atoms with Crippen molar-refractivity contribution in [2.24, 2.45) is 0 Å². The molecule has 0 aliphatic carbocycles. The van der Waals surface area contributed by atoms with Crippen LogP contribution in [0.4, 0.5) is 10.5 Å². The number of carbonyl (C=O) groups excluding carboxylic acids is 1. The third-order valence-corrected chi connectivity index (χ3v) is 3.62. The Morgan fingerprint density at radius 2 is 2.20 bits per heavy atom. The lowest BCUT2D eigenvalue weighted by Crippen LogP contribution is -2.56. The zero-order chi connectivity index (χ0) is 14.8. The minimum Gasteiger partial charge on any atom is -0.479 e. The van der Waals surface area contributed by atoms with Crippen molar-refractivity contribution in [2.75, 3.05) is 18.5 Å². The smallest absolute Gasteiger partial charge is 0.332 e. The number of aliphatic carboxylic acids is 1. The molecule has 1 heterocycles. The zero-order valence-corrected chi connectivity index (χ0v) is 11.7. The molecular formula is C13H15ClN2O4. The van der Waals surface area contributed by atoms with Gasteiger partial charge in [-0.15, -0.1) is 0 Å². The third-order valence-electron chi connectivity index (χ3n) is 3.21. The average Bonchev–Trinajstić information content (AvgIpc) is 2.83. The summed E-state index contributed by atoms with van der Waals surface area (Å²) in [4.78, 5) is 23.2. The van der Waals surface area contributed by atoms with Crippen LogP contribution in [0, 0.1) is 6.92 Å². The van der Waals surface area contributed by atoms with Gasteiger partial charge in [0.2, 0.25) is 0 Å². The topological polar surface area (TPSA) is 87.7 Å². The van der Waals surface area contributed by atoms with Crippen LogP contribution in [0.25, 0.3) is 0 Å². The first kappa shape index (κ1) is 14.6. The van der Waals surface area contributed by atoms with Gasteiger partial charge in [-0.1, -0.05) is 17.7 Å². The first-order valence-corrected chi connectivity index (χ1v) is 6.47. The molecule has 7 heteroatoms.